The van der Waals surface area contributed by atoms with Crippen LogP contribution in [0.1, 0.15) is 19.8 Å². The summed E-state index contributed by atoms with van der Waals surface area (Å²) >= 11 is 4.87. The van der Waals surface area contributed by atoms with Crippen LogP contribution in [-0.4, -0.2) is 53.8 Å². The number of thiocarbonyl (C=S) groups is 1. The van der Waals surface area contributed by atoms with Gasteiger partial charge in [0.25, 0.3) is 0 Å². The molecular weight excluding hydrogens is 226 g/mol. The van der Waals surface area contributed by atoms with Gasteiger partial charge in [-0.3, -0.25) is 0 Å². The molecule has 0 aromatic carbocycles. The molecule has 0 bridgehead atoms. The molecule has 0 radical (unpaired) electrons. The molecule has 0 spiro atoms. The Morgan fingerprint density at radius 3 is 2.38 bits per heavy atom. The van der Waals surface area contributed by atoms with Gasteiger partial charge in [-0.1, -0.05) is 13.3 Å². The summed E-state index contributed by atoms with van der Waals surface area (Å²) in [6.07, 6.45) is 1.72. The van der Waals surface area contributed by atoms with Gasteiger partial charge in [-0.25, -0.2) is 4.79 Å². The number of hydrogen-bond donors (Lipinski definition) is 1. The maximum absolute atomic E-state index is 11.6. The van der Waals surface area contributed by atoms with E-state index in [1.807, 2.05) is 4.90 Å². The van der Waals surface area contributed by atoms with Gasteiger partial charge in [0.1, 0.15) is 0 Å². The molecule has 1 aliphatic heterocycles. The van der Waals surface area contributed by atoms with Gasteiger partial charge in [0.15, 0.2) is 5.11 Å². The van der Waals surface area contributed by atoms with Crippen LogP contribution in [0.5, 0.6) is 0 Å². The summed E-state index contributed by atoms with van der Waals surface area (Å²) in [5.74, 6) is 0. The van der Waals surface area contributed by atoms with Crippen molar-refractivity contribution in [2.45, 2.75) is 19.8 Å². The van der Waals surface area contributed by atoms with Gasteiger partial charge in [-0.05, 0) is 18.6 Å². The predicted octanol–water partition coefficient (Wildman–Crippen LogP) is 0.784. The first-order chi connectivity index (χ1) is 7.65. The van der Waals surface area contributed by atoms with Crippen molar-refractivity contribution in [1.29, 1.82) is 0 Å². The lowest BCUT2D eigenvalue weighted by Gasteiger charge is -2.34. The molecule has 0 aromatic heterocycles. The minimum atomic E-state index is -0.226. The monoisotopic (exact) mass is 245 g/mol. The van der Waals surface area contributed by atoms with Gasteiger partial charge >= 0.3 is 6.09 Å². The number of carbonyl (C=O) groups is 1. The largest absolute Gasteiger partial charge is 0.449 e. The number of nitrogens with two attached hydrogens (primary N) is 1. The Kier molecular flexibility index (Phi) is 5.31. The van der Waals surface area contributed by atoms with Crippen molar-refractivity contribution in [2.24, 2.45) is 5.73 Å². The Hall–Kier alpha value is -1.04. The molecule has 0 unspecified atom stereocenters. The van der Waals surface area contributed by atoms with E-state index >= 15 is 0 Å². The fourth-order valence-corrected chi connectivity index (χ4v) is 1.69. The SMILES string of the molecule is CCCCOC(=O)N1CCN(C(N)=S)CC1. The second-order valence-corrected chi connectivity index (χ2v) is 4.20. The molecule has 16 heavy (non-hydrogen) atoms. The second-order valence-electron chi connectivity index (χ2n) is 3.78. The summed E-state index contributed by atoms with van der Waals surface area (Å²) in [7, 11) is 0. The van der Waals surface area contributed by atoms with Gasteiger partial charge in [-0.2, -0.15) is 0 Å². The molecule has 1 rings (SSSR count). The van der Waals surface area contributed by atoms with Gasteiger partial charge in [0.05, 0.1) is 6.61 Å². The third-order valence-corrected chi connectivity index (χ3v) is 2.83. The van der Waals surface area contributed by atoms with Crippen molar-refractivity contribution in [2.75, 3.05) is 32.8 Å². The van der Waals surface area contributed by atoms with Crippen molar-refractivity contribution >= 4 is 23.4 Å². The summed E-state index contributed by atoms with van der Waals surface area (Å²) in [5, 5.41) is 0.402. The highest BCUT2D eigenvalue weighted by molar-refractivity contribution is 7.80. The van der Waals surface area contributed by atoms with E-state index in [2.05, 4.69) is 6.92 Å². The fraction of sp³-hybridized carbons (Fsp3) is 0.800. The summed E-state index contributed by atoms with van der Waals surface area (Å²) < 4.78 is 5.12. The third-order valence-electron chi connectivity index (χ3n) is 2.57. The Morgan fingerprint density at radius 2 is 1.88 bits per heavy atom. The molecule has 92 valence electrons. The molecule has 0 atom stereocenters. The van der Waals surface area contributed by atoms with E-state index in [0.29, 0.717) is 37.9 Å². The van der Waals surface area contributed by atoms with Crippen molar-refractivity contribution in [3.63, 3.8) is 0 Å². The van der Waals surface area contributed by atoms with Crippen LogP contribution in [0, 0.1) is 0 Å². The first-order valence-corrected chi connectivity index (χ1v) is 6.02. The Morgan fingerprint density at radius 1 is 1.31 bits per heavy atom. The Bertz CT molecular complexity index is 252. The topological polar surface area (TPSA) is 58.8 Å². The normalized spacial score (nSPS) is 16.1. The molecule has 1 aliphatic rings. The first-order valence-electron chi connectivity index (χ1n) is 5.61. The third kappa shape index (κ3) is 3.84. The lowest BCUT2D eigenvalue weighted by Crippen LogP contribution is -2.52. The van der Waals surface area contributed by atoms with Crippen LogP contribution in [0.15, 0.2) is 0 Å². The molecular formula is C10H19N3O2S. The summed E-state index contributed by atoms with van der Waals surface area (Å²) in [6.45, 7) is 5.21. The van der Waals surface area contributed by atoms with E-state index in [4.69, 9.17) is 22.7 Å². The van der Waals surface area contributed by atoms with E-state index < -0.39 is 0 Å². The lowest BCUT2D eigenvalue weighted by molar-refractivity contribution is 0.0870. The summed E-state index contributed by atoms with van der Waals surface area (Å²) in [6, 6.07) is 0. The van der Waals surface area contributed by atoms with Gasteiger partial charge in [0.2, 0.25) is 0 Å². The predicted molar refractivity (Wildman–Crippen MR) is 66.2 cm³/mol. The van der Waals surface area contributed by atoms with Crippen LogP contribution in [-0.2, 0) is 4.74 Å². The minimum Gasteiger partial charge on any atom is -0.449 e. The summed E-state index contributed by atoms with van der Waals surface area (Å²) in [5.41, 5.74) is 5.51. The van der Waals surface area contributed by atoms with E-state index in [-0.39, 0.29) is 6.09 Å². The molecule has 1 heterocycles. The quantitative estimate of drug-likeness (QED) is 0.588. The molecule has 6 heteroatoms. The number of hydrogen-bond acceptors (Lipinski definition) is 3. The van der Waals surface area contributed by atoms with E-state index in [1.54, 1.807) is 4.90 Å². The molecule has 1 amide bonds. The molecule has 0 aromatic rings. The maximum atomic E-state index is 11.6. The Labute approximate surface area is 102 Å². The zero-order valence-electron chi connectivity index (χ0n) is 9.65. The molecule has 1 fully saturated rings. The van der Waals surface area contributed by atoms with E-state index in [0.717, 1.165) is 12.8 Å². The molecule has 0 saturated carbocycles. The number of carbonyl (C=O) groups excluding carboxylic acids is 1. The zero-order chi connectivity index (χ0) is 12.0. The van der Waals surface area contributed by atoms with Gasteiger partial charge < -0.3 is 20.3 Å². The number of rotatable bonds is 3. The molecule has 2 N–H and O–H groups in total. The maximum Gasteiger partial charge on any atom is 0.409 e. The van der Waals surface area contributed by atoms with Crippen molar-refractivity contribution in [3.8, 4) is 0 Å². The highest BCUT2D eigenvalue weighted by Crippen LogP contribution is 2.04. The van der Waals surface area contributed by atoms with Gasteiger partial charge in [0, 0.05) is 26.2 Å². The number of nitrogens with zero attached hydrogens (tertiary/aromatic N) is 2. The average Bonchev–Trinajstić information content (AvgIpc) is 2.29. The van der Waals surface area contributed by atoms with Gasteiger partial charge in [-0.15, -0.1) is 0 Å². The van der Waals surface area contributed by atoms with Crippen LogP contribution < -0.4 is 5.73 Å². The van der Waals surface area contributed by atoms with Crippen LogP contribution >= 0.6 is 12.2 Å². The van der Waals surface area contributed by atoms with E-state index in [1.165, 1.54) is 0 Å². The van der Waals surface area contributed by atoms with Crippen molar-refractivity contribution in [3.05, 3.63) is 0 Å². The zero-order valence-corrected chi connectivity index (χ0v) is 10.5. The van der Waals surface area contributed by atoms with Crippen LogP contribution in [0.2, 0.25) is 0 Å². The standard InChI is InChI=1S/C10H19N3O2S/c1-2-3-8-15-10(14)13-6-4-12(5-7-13)9(11)16/h2-8H2,1H3,(H2,11,16). The second kappa shape index (κ2) is 6.52. The highest BCUT2D eigenvalue weighted by Gasteiger charge is 2.22. The molecule has 0 aliphatic carbocycles. The van der Waals surface area contributed by atoms with Crippen molar-refractivity contribution in [1.82, 2.24) is 9.80 Å². The summed E-state index contributed by atoms with van der Waals surface area (Å²) in [4.78, 5) is 15.2. The fourth-order valence-electron chi connectivity index (χ4n) is 1.50. The van der Waals surface area contributed by atoms with Crippen molar-refractivity contribution < 1.29 is 9.53 Å². The highest BCUT2D eigenvalue weighted by atomic mass is 32.1. The van der Waals surface area contributed by atoms with Crippen LogP contribution in [0.25, 0.3) is 0 Å². The minimum absolute atomic E-state index is 0.226. The Balaban J connectivity index is 2.25. The van der Waals surface area contributed by atoms with E-state index in [9.17, 15) is 4.79 Å². The lowest BCUT2D eigenvalue weighted by atomic mass is 10.3. The molecule has 5 nitrogen and oxygen atoms in total. The average molecular weight is 245 g/mol. The number of unbranched alkanes of at least 4 members (excludes halogenated alkanes) is 1. The number of amides is 1. The van der Waals surface area contributed by atoms with Crippen LogP contribution in [0.3, 0.4) is 0 Å². The molecule has 1 saturated heterocycles. The number of piperazine rings is 1. The first kappa shape index (κ1) is 13.0. The van der Waals surface area contributed by atoms with Crippen LogP contribution in [0.4, 0.5) is 4.79 Å². The number of ether oxygens (including phenoxy) is 1. The smallest absolute Gasteiger partial charge is 0.409 e.